The first kappa shape index (κ1) is 115. The van der Waals surface area contributed by atoms with Crippen molar-refractivity contribution >= 4 is 171 Å². The smallest absolute Gasteiger partial charge is 0.423 e. The molecule has 0 saturated carbocycles. The van der Waals surface area contributed by atoms with Gasteiger partial charge in [-0.25, -0.2) is 26.5 Å². The molecule has 10 heterocycles. The van der Waals surface area contributed by atoms with E-state index in [9.17, 15) is 63.3 Å². The molecule has 6 N–H and O–H groups in total. The Labute approximate surface area is 806 Å². The molecule has 0 spiro atoms. The number of aryl methyl sites for hydroxylation is 4. The summed E-state index contributed by atoms with van der Waals surface area (Å²) < 4.78 is 53.3. The largest absolute Gasteiger partial charge is 0.488 e. The Balaban J connectivity index is 0.000000399. The second-order valence-electron chi connectivity index (χ2n) is 25.4. The zero-order valence-electron chi connectivity index (χ0n) is 73.0. The fourth-order valence-electron chi connectivity index (χ4n) is 10.8. The summed E-state index contributed by atoms with van der Waals surface area (Å²) in [6, 6.07) is 52.0. The van der Waals surface area contributed by atoms with Gasteiger partial charge in [0.2, 0.25) is 5.91 Å². The van der Waals surface area contributed by atoms with E-state index in [2.05, 4.69) is 132 Å². The number of halogens is 3. The number of carbonyl (C=O) groups excluding carboxylic acids is 9. The fraction of sp³-hybridized carbons (Fsp3) is 0.143. The van der Waals surface area contributed by atoms with Crippen molar-refractivity contribution in [1.82, 2.24) is 69.3 Å². The second-order valence-corrected chi connectivity index (χ2v) is 29.6. The van der Waals surface area contributed by atoms with Gasteiger partial charge in [-0.15, -0.1) is 15.3 Å². The number of hydrogen-bond acceptors (Lipinski definition) is 36. The number of rotatable bonds is 18. The maximum atomic E-state index is 11.3. The number of aliphatic hydroxyl groups excluding tert-OH is 1. The number of sulfonamides is 1. The maximum absolute atomic E-state index is 11.3. The number of fused-ring (bicyclic) bond motifs is 4. The zero-order chi connectivity index (χ0) is 103. The van der Waals surface area contributed by atoms with Crippen molar-refractivity contribution < 1.29 is 101 Å². The molecule has 54 heteroatoms. The molecule has 0 aliphatic heterocycles. The summed E-state index contributed by atoms with van der Waals surface area (Å²) >= 11 is 10.2. The van der Waals surface area contributed by atoms with Crippen LogP contribution in [0.3, 0.4) is 0 Å². The summed E-state index contributed by atoms with van der Waals surface area (Å²) in [7, 11) is -5.22. The first-order valence-corrected chi connectivity index (χ1v) is 42.6. The molecule has 0 radical (unpaired) electrons. The van der Waals surface area contributed by atoms with Crippen LogP contribution in [0.2, 0.25) is 0 Å². The van der Waals surface area contributed by atoms with Gasteiger partial charge in [-0.3, -0.25) is 64.8 Å². The number of aromatic nitrogens is 14. The number of nitrogen functional groups attached to an aromatic ring is 1. The maximum Gasteiger partial charge on any atom is 0.488 e. The number of azide groups is 1. The van der Waals surface area contributed by atoms with Gasteiger partial charge < -0.3 is 30.6 Å². The number of pyridine rings is 6. The van der Waals surface area contributed by atoms with Gasteiger partial charge in [-0.2, -0.15) is 28.8 Å². The number of nitrogens with one attached hydrogen (secondary N) is 1. The van der Waals surface area contributed by atoms with Crippen molar-refractivity contribution in [2.75, 3.05) is 17.7 Å². The average Bonchev–Trinajstić information content (AvgIpc) is 1.62. The van der Waals surface area contributed by atoms with Crippen LogP contribution in [-0.4, -0.2) is 170 Å². The molecule has 1 amide bonds. The molecule has 0 bridgehead atoms. The van der Waals surface area contributed by atoms with E-state index in [1.807, 2.05) is 93.1 Å². The third-order valence-electron chi connectivity index (χ3n) is 16.6. The normalized spacial score (nSPS) is 9.48. The number of nitrogens with zero attached hydrogens (tertiary/aromatic N) is 21. The average molecular weight is 2100 g/mol. The minimum atomic E-state index is -3.96. The van der Waals surface area contributed by atoms with Gasteiger partial charge in [-0.05, 0) is 224 Å². The molecule has 0 unspecified atom stereocenters. The number of non-ortho nitro benzene ring substituents is 4. The minimum Gasteiger partial charge on any atom is -0.423 e. The van der Waals surface area contributed by atoms with Crippen LogP contribution < -0.4 is 21.3 Å². The summed E-state index contributed by atoms with van der Waals surface area (Å²) in [6.07, 6.45) is 16.8. The van der Waals surface area contributed by atoms with Crippen molar-refractivity contribution in [2.45, 2.75) is 79.0 Å². The van der Waals surface area contributed by atoms with Gasteiger partial charge in [0.15, 0.2) is 5.82 Å². The number of amides is 1. The van der Waals surface area contributed by atoms with E-state index < -0.39 is 36.8 Å². The van der Waals surface area contributed by atoms with Gasteiger partial charge in [0.25, 0.3) is 45.1 Å². The second kappa shape index (κ2) is 62.2. The molecular weight excluding hydrogens is 2020 g/mol. The zero-order valence-corrected chi connectivity index (χ0v) is 78.6. The molecule has 0 aliphatic rings. The predicted molar refractivity (Wildman–Crippen MR) is 502 cm³/mol. The van der Waals surface area contributed by atoms with Crippen molar-refractivity contribution in [1.29, 1.82) is 0 Å². The van der Waals surface area contributed by atoms with Crippen LogP contribution in [0.4, 0.5) is 34.3 Å². The summed E-state index contributed by atoms with van der Waals surface area (Å²) in [5.41, 5.74) is 27.0. The third kappa shape index (κ3) is 38.1. The van der Waals surface area contributed by atoms with Crippen LogP contribution in [0, 0.1) is 59.3 Å². The van der Waals surface area contributed by atoms with Gasteiger partial charge >= 0.3 is 60.4 Å². The monoisotopic (exact) mass is 2100 g/mol. The molecule has 0 atom stereocenters. The Morgan fingerprint density at radius 1 is 0.558 bits per heavy atom. The van der Waals surface area contributed by atoms with Gasteiger partial charge in [0.1, 0.15) is 16.6 Å². The summed E-state index contributed by atoms with van der Waals surface area (Å²) in [5.74, 6) is 1.68. The van der Waals surface area contributed by atoms with E-state index in [0.717, 1.165) is 101 Å². The predicted octanol–water partition coefficient (Wildman–Crippen LogP) is 12.7. The van der Waals surface area contributed by atoms with Crippen molar-refractivity contribution in [2.24, 2.45) is 4.52 Å². The van der Waals surface area contributed by atoms with E-state index in [1.165, 1.54) is 109 Å². The van der Waals surface area contributed by atoms with Gasteiger partial charge in [-0.1, -0.05) is 83.5 Å². The van der Waals surface area contributed by atoms with Crippen LogP contribution in [-0.2, 0) is 81.9 Å². The van der Waals surface area contributed by atoms with Gasteiger partial charge in [0.05, 0.1) is 59.5 Å². The molecular formula is C84H76B2Br3N23O25S. The topological polar surface area (TPSA) is 690 Å². The molecule has 0 fully saturated rings. The molecule has 710 valence electrons. The fourth-order valence-corrected chi connectivity index (χ4v) is 12.7. The Bertz CT molecular complexity index is 6870. The molecule has 48 nitrogen and oxygen atoms in total. The number of hydrogen-bond donors (Lipinski definition) is 5. The Hall–Kier alpha value is -17.3. The summed E-state index contributed by atoms with van der Waals surface area (Å²) in [5, 5.41) is 101. The quantitative estimate of drug-likeness (QED) is 0.00613. The standard InChI is InChI=1S/C14H12N4O2.C13H8N4O4.C12H9N5O2.C8H8BrN3.C8H10BrN.C8H8N4O3S.C6H6BNO4.C6H6BrN.C4H8O2.C2HBO2.3CO2/c1-2-13-14-12(4-3-9-17(14)16-15-13)10-5-7-11(8-6-10)18(19)20;18-8-21-13-12-11(2-1-7-16(12)15-14-13)9-3-5-10(6-4-9)17(19)20;13-12-11-10(2-1-7-16(11)15-14-12)8-3-5-9(6-4-8)17(18)19;1-2-7-8-6(9)4-3-5-12(8)11-10-7;1-2-4-8-7(9)5-3-6-10-8;1-6(13)10-7-2-4-8(5-3-7)16(14,15)12-11-9;9-7(10)5-1-3-6(4-2-5)8(11)12;1-5-6(7)3-2-4-8-5;1-3-6-4(2)5;4-2-1-3-5;3*2-1-3/h3-9H,2H2,1H3;1-8H;1-7H,13H2;3-5H,2H2,1H3;3,5-6H,2,4H2,1H3;2-5H,1H3,(H,10,13);1-4,9-10H;2-4H,1H3;3H2,1-2H3;4H;;;. The van der Waals surface area contributed by atoms with E-state index in [1.54, 1.807) is 93.4 Å². The van der Waals surface area contributed by atoms with E-state index >= 15 is 0 Å². The van der Waals surface area contributed by atoms with Crippen LogP contribution in [0.25, 0.3) is 65.9 Å². The van der Waals surface area contributed by atoms with E-state index in [0.29, 0.717) is 41.9 Å². The Morgan fingerprint density at radius 2 is 0.949 bits per heavy atom. The molecule has 0 saturated heterocycles. The molecule has 15 rings (SSSR count). The van der Waals surface area contributed by atoms with Crippen LogP contribution >= 0.6 is 47.8 Å². The van der Waals surface area contributed by atoms with E-state index in [4.69, 9.17) is 64.6 Å². The number of nitro groups is 4. The van der Waals surface area contributed by atoms with Gasteiger partial charge in [0, 0.05) is 145 Å². The minimum absolute atomic E-state index is 0.00157. The van der Waals surface area contributed by atoms with Crippen LogP contribution in [0.5, 0.6) is 5.88 Å². The van der Waals surface area contributed by atoms with Crippen LogP contribution in [0.1, 0.15) is 70.7 Å². The number of benzene rings is 5. The number of nitro benzene ring substituents is 4. The molecule has 5 aromatic carbocycles. The number of anilines is 2. The van der Waals surface area contributed by atoms with Crippen molar-refractivity contribution in [3.8, 4) is 51.2 Å². The Kier molecular flexibility index (Phi) is 51.8. The summed E-state index contributed by atoms with van der Waals surface area (Å²) in [4.78, 5) is 130. The SMILES string of the molecule is CC(=O)Nc1ccc(S(=O)(=O)N=[N+]=[N-])cc1.CCCc1ncccc1Br.CCOC(C)=O.CCc1nnn2cccc(-c3ccc([N+](=O)[O-])cc3)c12.CCc1nnn2cccc(Br)c12.Cc1ncccc1Br.Nc1nnn2cccc(-c3ccc([N+](=O)[O-])cc3)c12.O=BC#CO.O=C=O.O=C=O.O=C=O.O=COc1nnn2cccc(-c3ccc([N+](=O)[O-])cc3)c12.O=[N+]([O-])c1ccc(B(O)O)cc1. The van der Waals surface area contributed by atoms with Crippen molar-refractivity contribution in [3.63, 3.8) is 0 Å². The molecule has 0 aliphatic carbocycles. The first-order valence-electron chi connectivity index (χ1n) is 38.8. The molecule has 15 aromatic rings. The summed E-state index contributed by atoms with van der Waals surface area (Å²) in [6.45, 7) is 13.5. The third-order valence-corrected chi connectivity index (χ3v) is 20.0. The van der Waals surface area contributed by atoms with E-state index in [-0.39, 0.29) is 75.8 Å². The first-order chi connectivity index (χ1) is 66.0. The van der Waals surface area contributed by atoms with Crippen LogP contribution in [0.15, 0.2) is 254 Å². The number of nitrogens with two attached hydrogens (primary N) is 1. The molecule has 138 heavy (non-hydrogen) atoms. The number of ether oxygens (including phenoxy) is 2. The molecule has 10 aromatic heterocycles. The Morgan fingerprint density at radius 3 is 1.31 bits per heavy atom. The number of aliphatic hydroxyl groups is 1. The number of esters is 1. The number of carbonyl (C=O) groups is 3. The van der Waals surface area contributed by atoms with Crippen molar-refractivity contribution in [3.05, 3.63) is 318 Å².